The first kappa shape index (κ1) is 18.0. The summed E-state index contributed by atoms with van der Waals surface area (Å²) >= 11 is 0. The lowest BCUT2D eigenvalue weighted by Gasteiger charge is -2.22. The van der Waals surface area contributed by atoms with E-state index in [-0.39, 0.29) is 17.5 Å². The maximum Gasteiger partial charge on any atom is 0.255 e. The number of benzene rings is 2. The van der Waals surface area contributed by atoms with Gasteiger partial charge in [-0.25, -0.2) is 8.78 Å². The molecule has 1 aliphatic rings. The van der Waals surface area contributed by atoms with Crippen LogP contribution in [0.2, 0.25) is 0 Å². The molecular formula is C19H19F2N3O2. The minimum absolute atomic E-state index is 0.0302. The smallest absolute Gasteiger partial charge is 0.255 e. The molecule has 2 amide bonds. The fourth-order valence-corrected chi connectivity index (χ4v) is 3.16. The van der Waals surface area contributed by atoms with Gasteiger partial charge in [0.15, 0.2) is 11.6 Å². The first-order chi connectivity index (χ1) is 12.4. The van der Waals surface area contributed by atoms with E-state index in [2.05, 4.69) is 5.32 Å². The molecule has 1 heterocycles. The molecule has 3 rings (SSSR count). The number of halogens is 2. The number of primary amides is 1. The third kappa shape index (κ3) is 4.05. The quantitative estimate of drug-likeness (QED) is 0.862. The summed E-state index contributed by atoms with van der Waals surface area (Å²) in [4.78, 5) is 25.7. The van der Waals surface area contributed by atoms with Crippen LogP contribution in [-0.4, -0.2) is 29.3 Å². The number of anilines is 1. The Kier molecular flexibility index (Phi) is 5.27. The van der Waals surface area contributed by atoms with Gasteiger partial charge < -0.3 is 11.1 Å². The van der Waals surface area contributed by atoms with Gasteiger partial charge in [-0.05, 0) is 55.3 Å². The standard InChI is InChI=1S/C19H19F2N3O2/c20-15-7-6-13(10-16(15)21)19(26)23-14-4-1-3-12(9-14)11-24-8-2-5-17(24)18(22)25/h1,3-4,6-7,9-10,17H,2,5,8,11H2,(H2,22,25)(H,23,26). The molecule has 2 aromatic carbocycles. The lowest BCUT2D eigenvalue weighted by Crippen LogP contribution is -2.39. The van der Waals surface area contributed by atoms with E-state index in [1.165, 1.54) is 6.07 Å². The van der Waals surface area contributed by atoms with Gasteiger partial charge in [0.25, 0.3) is 5.91 Å². The highest BCUT2D eigenvalue weighted by Crippen LogP contribution is 2.21. The van der Waals surface area contributed by atoms with Crippen molar-refractivity contribution in [2.24, 2.45) is 5.73 Å². The van der Waals surface area contributed by atoms with Crippen molar-refractivity contribution in [3.05, 3.63) is 65.2 Å². The molecule has 0 aliphatic carbocycles. The molecule has 26 heavy (non-hydrogen) atoms. The molecule has 0 bridgehead atoms. The lowest BCUT2D eigenvalue weighted by molar-refractivity contribution is -0.122. The van der Waals surface area contributed by atoms with E-state index in [4.69, 9.17) is 5.73 Å². The van der Waals surface area contributed by atoms with Crippen molar-refractivity contribution in [1.82, 2.24) is 4.90 Å². The first-order valence-corrected chi connectivity index (χ1v) is 8.33. The van der Waals surface area contributed by atoms with E-state index in [1.54, 1.807) is 18.2 Å². The van der Waals surface area contributed by atoms with Gasteiger partial charge in [-0.15, -0.1) is 0 Å². The number of rotatable bonds is 5. The molecule has 0 spiro atoms. The van der Waals surface area contributed by atoms with E-state index in [0.717, 1.165) is 37.1 Å². The number of nitrogens with one attached hydrogen (secondary N) is 1. The van der Waals surface area contributed by atoms with Gasteiger partial charge in [-0.2, -0.15) is 0 Å². The summed E-state index contributed by atoms with van der Waals surface area (Å²) in [6.45, 7) is 1.33. The number of hydrogen-bond acceptors (Lipinski definition) is 3. The zero-order valence-corrected chi connectivity index (χ0v) is 14.0. The summed E-state index contributed by atoms with van der Waals surface area (Å²) in [7, 11) is 0. The van der Waals surface area contributed by atoms with Crippen molar-refractivity contribution in [1.29, 1.82) is 0 Å². The van der Waals surface area contributed by atoms with Crippen molar-refractivity contribution in [3.8, 4) is 0 Å². The fraction of sp³-hybridized carbons (Fsp3) is 0.263. The average molecular weight is 359 g/mol. The minimum atomic E-state index is -1.07. The van der Waals surface area contributed by atoms with Crippen LogP contribution in [0.1, 0.15) is 28.8 Å². The zero-order valence-electron chi connectivity index (χ0n) is 14.0. The number of carbonyl (C=O) groups is 2. The van der Waals surface area contributed by atoms with Gasteiger partial charge in [0.05, 0.1) is 6.04 Å². The van der Waals surface area contributed by atoms with E-state index >= 15 is 0 Å². The van der Waals surface area contributed by atoms with Crippen LogP contribution in [0.15, 0.2) is 42.5 Å². The van der Waals surface area contributed by atoms with E-state index < -0.39 is 17.5 Å². The van der Waals surface area contributed by atoms with Crippen LogP contribution in [0.25, 0.3) is 0 Å². The Morgan fingerprint density at radius 3 is 2.69 bits per heavy atom. The largest absolute Gasteiger partial charge is 0.368 e. The minimum Gasteiger partial charge on any atom is -0.368 e. The number of likely N-dealkylation sites (tertiary alicyclic amines) is 1. The van der Waals surface area contributed by atoms with Crippen molar-refractivity contribution >= 4 is 17.5 Å². The summed E-state index contributed by atoms with van der Waals surface area (Å²) < 4.78 is 26.3. The second-order valence-corrected chi connectivity index (χ2v) is 6.31. The van der Waals surface area contributed by atoms with Crippen LogP contribution in [-0.2, 0) is 11.3 Å². The molecule has 2 aromatic rings. The van der Waals surface area contributed by atoms with Crippen LogP contribution < -0.4 is 11.1 Å². The highest BCUT2D eigenvalue weighted by molar-refractivity contribution is 6.04. The molecule has 0 saturated carbocycles. The Morgan fingerprint density at radius 2 is 1.96 bits per heavy atom. The Balaban J connectivity index is 1.70. The van der Waals surface area contributed by atoms with Crippen LogP contribution >= 0.6 is 0 Å². The van der Waals surface area contributed by atoms with Gasteiger partial charge in [0, 0.05) is 17.8 Å². The monoisotopic (exact) mass is 359 g/mol. The van der Waals surface area contributed by atoms with Crippen LogP contribution in [0, 0.1) is 11.6 Å². The maximum atomic E-state index is 13.3. The van der Waals surface area contributed by atoms with Gasteiger partial charge in [-0.3, -0.25) is 14.5 Å². The number of carbonyl (C=O) groups excluding carboxylic acids is 2. The summed E-state index contributed by atoms with van der Waals surface area (Å²) in [5, 5.41) is 2.67. The highest BCUT2D eigenvalue weighted by atomic mass is 19.2. The molecule has 1 unspecified atom stereocenters. The Hall–Kier alpha value is -2.80. The normalized spacial score (nSPS) is 17.2. The second kappa shape index (κ2) is 7.61. The summed E-state index contributed by atoms with van der Waals surface area (Å²) in [5.74, 6) is -2.93. The van der Waals surface area contributed by atoms with Crippen molar-refractivity contribution in [2.75, 3.05) is 11.9 Å². The molecule has 0 aromatic heterocycles. The Labute approximate surface area is 149 Å². The predicted octanol–water partition coefficient (Wildman–Crippen LogP) is 2.67. The fourth-order valence-electron chi connectivity index (χ4n) is 3.16. The van der Waals surface area contributed by atoms with Gasteiger partial charge in [0.1, 0.15) is 0 Å². The number of amides is 2. The highest BCUT2D eigenvalue weighted by Gasteiger charge is 2.28. The first-order valence-electron chi connectivity index (χ1n) is 8.33. The molecule has 5 nitrogen and oxygen atoms in total. The molecule has 1 fully saturated rings. The van der Waals surface area contributed by atoms with Gasteiger partial charge in [0.2, 0.25) is 5.91 Å². The number of hydrogen-bond donors (Lipinski definition) is 2. The SMILES string of the molecule is NC(=O)C1CCCN1Cc1cccc(NC(=O)c2ccc(F)c(F)c2)c1. The molecular weight excluding hydrogens is 340 g/mol. The maximum absolute atomic E-state index is 13.3. The topological polar surface area (TPSA) is 75.4 Å². The van der Waals surface area contributed by atoms with E-state index in [1.807, 2.05) is 11.0 Å². The molecule has 1 atom stereocenters. The van der Waals surface area contributed by atoms with Gasteiger partial charge in [-0.1, -0.05) is 12.1 Å². The summed E-state index contributed by atoms with van der Waals surface area (Å²) in [6, 6.07) is 9.89. The molecule has 1 aliphatic heterocycles. The zero-order chi connectivity index (χ0) is 18.7. The molecule has 136 valence electrons. The van der Waals surface area contributed by atoms with Crippen LogP contribution in [0.4, 0.5) is 14.5 Å². The molecule has 7 heteroatoms. The van der Waals surface area contributed by atoms with Crippen molar-refractivity contribution in [3.63, 3.8) is 0 Å². The summed E-state index contributed by atoms with van der Waals surface area (Å²) in [5.41, 5.74) is 6.91. The van der Waals surface area contributed by atoms with Crippen LogP contribution in [0.3, 0.4) is 0 Å². The predicted molar refractivity (Wildman–Crippen MR) is 93.4 cm³/mol. The Bertz CT molecular complexity index is 841. The second-order valence-electron chi connectivity index (χ2n) is 6.31. The van der Waals surface area contributed by atoms with Crippen molar-refractivity contribution < 1.29 is 18.4 Å². The van der Waals surface area contributed by atoms with Crippen molar-refractivity contribution in [2.45, 2.75) is 25.4 Å². The number of nitrogens with two attached hydrogens (primary N) is 1. The third-order valence-corrected chi connectivity index (χ3v) is 4.44. The van der Waals surface area contributed by atoms with E-state index in [0.29, 0.717) is 12.2 Å². The lowest BCUT2D eigenvalue weighted by atomic mass is 10.1. The molecule has 0 radical (unpaired) electrons. The van der Waals surface area contributed by atoms with Crippen LogP contribution in [0.5, 0.6) is 0 Å². The Morgan fingerprint density at radius 1 is 1.15 bits per heavy atom. The molecule has 1 saturated heterocycles. The van der Waals surface area contributed by atoms with E-state index in [9.17, 15) is 18.4 Å². The average Bonchev–Trinajstić information content (AvgIpc) is 3.06. The molecule has 3 N–H and O–H groups in total. The third-order valence-electron chi connectivity index (χ3n) is 4.44. The number of nitrogens with zero attached hydrogens (tertiary/aromatic N) is 1. The summed E-state index contributed by atoms with van der Waals surface area (Å²) in [6.07, 6.45) is 1.67. The van der Waals surface area contributed by atoms with Gasteiger partial charge >= 0.3 is 0 Å².